The van der Waals surface area contributed by atoms with Gasteiger partial charge in [-0.15, -0.1) is 0 Å². The summed E-state index contributed by atoms with van der Waals surface area (Å²) in [6.07, 6.45) is -6.01. The average Bonchev–Trinajstić information content (AvgIpc) is 2.11. The van der Waals surface area contributed by atoms with E-state index in [1.165, 1.54) is 0 Å². The lowest BCUT2D eigenvalue weighted by Gasteiger charge is -2.23. The number of halogens is 4. The third-order valence-corrected chi connectivity index (χ3v) is 2.21. The smallest absolute Gasteiger partial charge is 0.312 e. The lowest BCUT2D eigenvalue weighted by atomic mass is 10.5. The molecule has 1 saturated heterocycles. The van der Waals surface area contributed by atoms with Crippen LogP contribution in [0.15, 0.2) is 0 Å². The summed E-state index contributed by atoms with van der Waals surface area (Å²) >= 11 is 0. The van der Waals surface area contributed by atoms with Crippen molar-refractivity contribution >= 4 is 16.4 Å². The predicted molar refractivity (Wildman–Crippen MR) is 49.7 cm³/mol. The molecule has 13 heteroatoms. The largest absolute Gasteiger partial charge is 0.466 e. The van der Waals surface area contributed by atoms with Gasteiger partial charge in [0.05, 0.1) is 6.61 Å². The van der Waals surface area contributed by atoms with Crippen LogP contribution in [-0.4, -0.2) is 40.4 Å². The second-order valence-electron chi connectivity index (χ2n) is 2.76. The topological polar surface area (TPSA) is 105 Å². The van der Waals surface area contributed by atoms with Crippen molar-refractivity contribution in [2.45, 2.75) is 19.0 Å². The van der Waals surface area contributed by atoms with Crippen LogP contribution in [0.1, 0.15) is 6.42 Å². The molecule has 1 rings (SSSR count). The summed E-state index contributed by atoms with van der Waals surface area (Å²) < 4.78 is 69.2. The third kappa shape index (κ3) is 14.2. The molecule has 110 valence electrons. The van der Waals surface area contributed by atoms with Gasteiger partial charge in [-0.2, -0.15) is 13.2 Å². The first-order chi connectivity index (χ1) is 7.97. The van der Waals surface area contributed by atoms with E-state index in [-0.39, 0.29) is 13.0 Å². The van der Waals surface area contributed by atoms with E-state index in [1.54, 1.807) is 0 Å². The highest BCUT2D eigenvalue weighted by molar-refractivity contribution is 7.45. The minimum atomic E-state index is -4.64. The van der Waals surface area contributed by atoms with Crippen LogP contribution < -0.4 is 0 Å². The average molecular weight is 320 g/mol. The van der Waals surface area contributed by atoms with Gasteiger partial charge >= 0.3 is 22.6 Å². The Hall–Kier alpha value is 0.140. The van der Waals surface area contributed by atoms with E-state index >= 15 is 0 Å². The summed E-state index contributed by atoms with van der Waals surface area (Å²) in [6, 6.07) is 0. The number of hydrogen-bond acceptors (Lipinski definition) is 4. The fourth-order valence-electron chi connectivity index (χ4n) is 0.590. The Morgan fingerprint density at radius 1 is 1.39 bits per heavy atom. The van der Waals surface area contributed by atoms with Crippen LogP contribution in [0, 0.1) is 0 Å². The Balaban J connectivity index is 0.000000494. The zero-order valence-electron chi connectivity index (χ0n) is 8.58. The molecule has 18 heavy (non-hydrogen) atoms. The van der Waals surface area contributed by atoms with E-state index in [0.29, 0.717) is 0 Å². The van der Waals surface area contributed by atoms with Crippen molar-refractivity contribution in [2.75, 3.05) is 13.2 Å². The number of alkyl halides is 4. The molecule has 1 aliphatic rings. The first-order valence-corrected chi connectivity index (χ1v) is 6.85. The molecule has 1 fully saturated rings. The molecule has 0 aliphatic carbocycles. The third-order valence-electron chi connectivity index (χ3n) is 1.08. The van der Waals surface area contributed by atoms with E-state index in [4.69, 9.17) is 19.2 Å². The van der Waals surface area contributed by atoms with E-state index < -0.39 is 35.6 Å². The van der Waals surface area contributed by atoms with Gasteiger partial charge < -0.3 is 23.7 Å². The molecule has 0 aromatic heterocycles. The highest BCUT2D eigenvalue weighted by Gasteiger charge is 2.33. The van der Waals surface area contributed by atoms with Crippen LogP contribution in [0.5, 0.6) is 0 Å². The molecule has 0 saturated carbocycles. The second-order valence-corrected chi connectivity index (χ2v) is 4.96. The summed E-state index contributed by atoms with van der Waals surface area (Å²) in [6.45, 7) is -1.46. The number of phosphoric acid groups is 1. The maximum absolute atomic E-state index is 12.4. The molecule has 0 aromatic carbocycles. The zero-order chi connectivity index (χ0) is 14.4. The van der Waals surface area contributed by atoms with Crippen LogP contribution >= 0.6 is 16.4 Å². The van der Waals surface area contributed by atoms with Crippen LogP contribution in [0.2, 0.25) is 0 Å². The molecule has 1 heterocycles. The lowest BCUT2D eigenvalue weighted by molar-refractivity contribution is -0.159. The summed E-state index contributed by atoms with van der Waals surface area (Å²) in [7, 11) is -6.81. The SMILES string of the molecule is FC1CCOP(OCC(F)(F)F)O1.O=P(O)(O)O. The van der Waals surface area contributed by atoms with Gasteiger partial charge in [0.1, 0.15) is 0 Å². The van der Waals surface area contributed by atoms with Gasteiger partial charge in [-0.1, -0.05) is 0 Å². The number of rotatable bonds is 2. The lowest BCUT2D eigenvalue weighted by Crippen LogP contribution is -2.19. The van der Waals surface area contributed by atoms with Crippen LogP contribution in [0.4, 0.5) is 17.6 Å². The molecule has 3 N–H and O–H groups in total. The first kappa shape index (κ1) is 18.1. The van der Waals surface area contributed by atoms with E-state index in [9.17, 15) is 17.6 Å². The second kappa shape index (κ2) is 7.66. The fraction of sp³-hybridized carbons (Fsp3) is 1.00. The Bertz CT molecular complexity index is 273. The summed E-state index contributed by atoms with van der Waals surface area (Å²) in [4.78, 5) is 21.6. The zero-order valence-corrected chi connectivity index (χ0v) is 10.4. The van der Waals surface area contributed by atoms with Crippen molar-refractivity contribution in [2.24, 2.45) is 0 Å². The highest BCUT2D eigenvalue weighted by Crippen LogP contribution is 2.46. The molecule has 2 atom stereocenters. The van der Waals surface area contributed by atoms with Gasteiger partial charge in [-0.25, -0.2) is 8.96 Å². The monoisotopic (exact) mass is 320 g/mol. The summed E-state index contributed by atoms with van der Waals surface area (Å²) in [5, 5.41) is 0. The Morgan fingerprint density at radius 2 is 1.89 bits per heavy atom. The van der Waals surface area contributed by atoms with Gasteiger partial charge in [0.25, 0.3) is 0 Å². The van der Waals surface area contributed by atoms with Gasteiger partial charge in [-0.05, 0) is 0 Å². The predicted octanol–water partition coefficient (Wildman–Crippen LogP) is 1.60. The van der Waals surface area contributed by atoms with Gasteiger partial charge in [0, 0.05) is 6.42 Å². The standard InChI is InChI=1S/C5H7F4O3P.H3O4P/c6-4-1-2-10-13(12-4)11-3-5(7,8)9;1-5(2,3)4/h4H,1-3H2;(H3,1,2,3,4). The molecule has 2 unspecified atom stereocenters. The molecule has 0 aromatic rings. The van der Waals surface area contributed by atoms with Gasteiger partial charge in [0.2, 0.25) is 6.36 Å². The molecule has 0 bridgehead atoms. The van der Waals surface area contributed by atoms with Crippen molar-refractivity contribution in [3.63, 3.8) is 0 Å². The Kier molecular flexibility index (Phi) is 7.72. The Labute approximate surface area is 99.9 Å². The normalized spacial score (nSPS) is 25.3. The maximum Gasteiger partial charge on any atom is 0.466 e. The molecule has 7 nitrogen and oxygen atoms in total. The molecular formula is C5H10F4O7P2. The van der Waals surface area contributed by atoms with Crippen molar-refractivity contribution in [3.8, 4) is 0 Å². The highest BCUT2D eigenvalue weighted by atomic mass is 31.2. The van der Waals surface area contributed by atoms with Gasteiger partial charge in [-0.3, -0.25) is 4.52 Å². The summed E-state index contributed by atoms with van der Waals surface area (Å²) in [5.74, 6) is 0. The van der Waals surface area contributed by atoms with E-state index in [2.05, 4.69) is 13.6 Å². The van der Waals surface area contributed by atoms with E-state index in [1.807, 2.05) is 0 Å². The van der Waals surface area contributed by atoms with Crippen molar-refractivity contribution < 1.29 is 50.4 Å². The molecular weight excluding hydrogens is 310 g/mol. The van der Waals surface area contributed by atoms with Crippen LogP contribution in [0.3, 0.4) is 0 Å². The maximum atomic E-state index is 12.4. The molecule has 1 aliphatic heterocycles. The Morgan fingerprint density at radius 3 is 2.28 bits per heavy atom. The summed E-state index contributed by atoms with van der Waals surface area (Å²) in [5.41, 5.74) is 0. The minimum Gasteiger partial charge on any atom is -0.312 e. The van der Waals surface area contributed by atoms with Crippen LogP contribution in [-0.2, 0) is 18.1 Å². The quantitative estimate of drug-likeness (QED) is 0.524. The van der Waals surface area contributed by atoms with Crippen molar-refractivity contribution in [1.29, 1.82) is 0 Å². The van der Waals surface area contributed by atoms with Crippen molar-refractivity contribution in [3.05, 3.63) is 0 Å². The molecule has 0 radical (unpaired) electrons. The fourth-order valence-corrected chi connectivity index (χ4v) is 1.58. The molecule has 0 spiro atoms. The molecule has 0 amide bonds. The first-order valence-electron chi connectivity index (χ1n) is 4.19. The van der Waals surface area contributed by atoms with Gasteiger partial charge in [0.15, 0.2) is 6.61 Å². The number of hydrogen-bond donors (Lipinski definition) is 3. The van der Waals surface area contributed by atoms with Crippen molar-refractivity contribution in [1.82, 2.24) is 0 Å². The minimum absolute atomic E-state index is 0.0186. The van der Waals surface area contributed by atoms with Crippen LogP contribution in [0.25, 0.3) is 0 Å². The van der Waals surface area contributed by atoms with E-state index in [0.717, 1.165) is 0 Å².